The Labute approximate surface area is 196 Å². The molecule has 1 fully saturated rings. The minimum atomic E-state index is -0.979. The van der Waals surface area contributed by atoms with Gasteiger partial charge in [-0.25, -0.2) is 4.79 Å². The highest BCUT2D eigenvalue weighted by molar-refractivity contribution is 9.10. The summed E-state index contributed by atoms with van der Waals surface area (Å²) in [6, 6.07) is 24.1. The van der Waals surface area contributed by atoms with Crippen molar-refractivity contribution < 1.29 is 19.4 Å². The molecule has 0 aliphatic heterocycles. The highest BCUT2D eigenvalue weighted by atomic mass is 79.9. The molecular formula is C26H26BrNO4. The average molecular weight is 496 g/mol. The van der Waals surface area contributed by atoms with E-state index < -0.39 is 6.09 Å². The lowest BCUT2D eigenvalue weighted by Gasteiger charge is -2.35. The molecule has 1 amide bonds. The summed E-state index contributed by atoms with van der Waals surface area (Å²) in [6.07, 6.45) is 0.486. The van der Waals surface area contributed by atoms with Crippen molar-refractivity contribution >= 4 is 22.0 Å². The van der Waals surface area contributed by atoms with Crippen LogP contribution in [0.25, 0.3) is 0 Å². The minimum Gasteiger partial charge on any atom is -0.490 e. The zero-order chi connectivity index (χ0) is 22.7. The van der Waals surface area contributed by atoms with Gasteiger partial charge in [0.2, 0.25) is 0 Å². The number of hydrogen-bond donors (Lipinski definition) is 2. The molecule has 32 heavy (non-hydrogen) atoms. The van der Waals surface area contributed by atoms with Crippen molar-refractivity contribution in [3.63, 3.8) is 0 Å². The van der Waals surface area contributed by atoms with Crippen LogP contribution in [0.2, 0.25) is 0 Å². The molecule has 0 atom stereocenters. The second-order valence-electron chi connectivity index (χ2n) is 8.59. The van der Waals surface area contributed by atoms with Gasteiger partial charge >= 0.3 is 6.09 Å². The third-order valence-electron chi connectivity index (χ3n) is 5.93. The molecule has 0 radical (unpaired) electrons. The summed E-state index contributed by atoms with van der Waals surface area (Å²) in [4.78, 5) is 10.7. The van der Waals surface area contributed by atoms with E-state index >= 15 is 0 Å². The Morgan fingerprint density at radius 3 is 1.84 bits per heavy atom. The van der Waals surface area contributed by atoms with Gasteiger partial charge in [-0.1, -0.05) is 54.0 Å². The zero-order valence-electron chi connectivity index (χ0n) is 18.0. The van der Waals surface area contributed by atoms with Gasteiger partial charge in [0.15, 0.2) is 0 Å². The van der Waals surface area contributed by atoms with Gasteiger partial charge in [-0.2, -0.15) is 0 Å². The number of carboxylic acid groups (broad SMARTS) is 1. The SMILES string of the molecule is CC(C)(c1ccc(Oc2ccc(Br)cc2)cc1)c1ccc(OC2CC(NC(=O)O)C2)cc1. The van der Waals surface area contributed by atoms with E-state index in [1.807, 2.05) is 48.5 Å². The maximum atomic E-state index is 10.7. The molecule has 0 aromatic heterocycles. The van der Waals surface area contributed by atoms with E-state index in [2.05, 4.69) is 59.4 Å². The van der Waals surface area contributed by atoms with Crippen molar-refractivity contribution in [2.24, 2.45) is 0 Å². The predicted molar refractivity (Wildman–Crippen MR) is 128 cm³/mol. The van der Waals surface area contributed by atoms with Crippen molar-refractivity contribution in [2.45, 2.75) is 44.2 Å². The second kappa shape index (κ2) is 9.25. The van der Waals surface area contributed by atoms with Crippen LogP contribution in [0.5, 0.6) is 17.2 Å². The number of hydrogen-bond acceptors (Lipinski definition) is 3. The highest BCUT2D eigenvalue weighted by Crippen LogP contribution is 2.35. The molecule has 6 heteroatoms. The maximum absolute atomic E-state index is 10.7. The number of halogens is 1. The van der Waals surface area contributed by atoms with Gasteiger partial charge in [0, 0.05) is 28.8 Å². The molecule has 2 N–H and O–H groups in total. The van der Waals surface area contributed by atoms with Crippen molar-refractivity contribution in [1.82, 2.24) is 5.32 Å². The van der Waals surface area contributed by atoms with Crippen LogP contribution >= 0.6 is 15.9 Å². The Balaban J connectivity index is 1.37. The lowest BCUT2D eigenvalue weighted by atomic mass is 9.78. The number of ether oxygens (including phenoxy) is 2. The van der Waals surface area contributed by atoms with E-state index in [1.54, 1.807) is 0 Å². The lowest BCUT2D eigenvalue weighted by Crippen LogP contribution is -2.48. The largest absolute Gasteiger partial charge is 0.490 e. The molecule has 0 saturated heterocycles. The van der Waals surface area contributed by atoms with Crippen LogP contribution in [0, 0.1) is 0 Å². The van der Waals surface area contributed by atoms with Crippen molar-refractivity contribution in [2.75, 3.05) is 0 Å². The Hall–Kier alpha value is -2.99. The third-order valence-corrected chi connectivity index (χ3v) is 6.46. The van der Waals surface area contributed by atoms with Crippen LogP contribution in [0.4, 0.5) is 4.79 Å². The Bertz CT molecular complexity index is 1060. The average Bonchev–Trinajstić information content (AvgIpc) is 2.74. The molecule has 3 aromatic rings. The summed E-state index contributed by atoms with van der Waals surface area (Å²) in [6.45, 7) is 4.39. The fourth-order valence-corrected chi connectivity index (χ4v) is 4.11. The maximum Gasteiger partial charge on any atom is 0.404 e. The van der Waals surface area contributed by atoms with Gasteiger partial charge in [-0.3, -0.25) is 0 Å². The van der Waals surface area contributed by atoms with E-state index in [9.17, 15) is 4.79 Å². The molecular weight excluding hydrogens is 470 g/mol. The van der Waals surface area contributed by atoms with Crippen molar-refractivity contribution in [3.8, 4) is 17.2 Å². The molecule has 1 aliphatic carbocycles. The zero-order valence-corrected chi connectivity index (χ0v) is 19.6. The normalized spacial score (nSPS) is 17.8. The van der Waals surface area contributed by atoms with Gasteiger partial charge in [-0.15, -0.1) is 0 Å². The Kier molecular flexibility index (Phi) is 6.42. The first-order chi connectivity index (χ1) is 15.3. The van der Waals surface area contributed by atoms with Crippen molar-refractivity contribution in [1.29, 1.82) is 0 Å². The number of nitrogens with one attached hydrogen (secondary N) is 1. The van der Waals surface area contributed by atoms with E-state index in [0.29, 0.717) is 12.8 Å². The monoisotopic (exact) mass is 495 g/mol. The smallest absolute Gasteiger partial charge is 0.404 e. The Morgan fingerprint density at radius 1 is 0.875 bits per heavy atom. The topological polar surface area (TPSA) is 67.8 Å². The van der Waals surface area contributed by atoms with Gasteiger partial charge in [0.1, 0.15) is 23.4 Å². The van der Waals surface area contributed by atoms with Gasteiger partial charge in [0.25, 0.3) is 0 Å². The molecule has 5 nitrogen and oxygen atoms in total. The van der Waals surface area contributed by atoms with Crippen LogP contribution in [-0.2, 0) is 5.41 Å². The summed E-state index contributed by atoms with van der Waals surface area (Å²) in [7, 11) is 0. The molecule has 0 unspecified atom stereocenters. The summed E-state index contributed by atoms with van der Waals surface area (Å²) in [5.41, 5.74) is 2.20. The van der Waals surface area contributed by atoms with Crippen molar-refractivity contribution in [3.05, 3.63) is 88.4 Å². The third kappa shape index (κ3) is 5.25. The molecule has 0 spiro atoms. The number of carbonyl (C=O) groups is 1. The predicted octanol–water partition coefficient (Wildman–Crippen LogP) is 6.74. The lowest BCUT2D eigenvalue weighted by molar-refractivity contribution is 0.0833. The first kappa shape index (κ1) is 22.2. The van der Waals surface area contributed by atoms with E-state index in [0.717, 1.165) is 21.7 Å². The number of rotatable bonds is 7. The fourth-order valence-electron chi connectivity index (χ4n) is 3.84. The number of benzene rings is 3. The van der Waals surface area contributed by atoms with Crippen LogP contribution in [-0.4, -0.2) is 23.3 Å². The van der Waals surface area contributed by atoms with Gasteiger partial charge < -0.3 is 19.9 Å². The van der Waals surface area contributed by atoms with Crippen LogP contribution in [0.15, 0.2) is 77.3 Å². The molecule has 3 aromatic carbocycles. The molecule has 1 aliphatic rings. The minimum absolute atomic E-state index is 0.00794. The van der Waals surface area contributed by atoms with Gasteiger partial charge in [-0.05, 0) is 59.7 Å². The van der Waals surface area contributed by atoms with E-state index in [-0.39, 0.29) is 17.6 Å². The summed E-state index contributed by atoms with van der Waals surface area (Å²) in [5.74, 6) is 2.40. The van der Waals surface area contributed by atoms with Crippen LogP contribution in [0.3, 0.4) is 0 Å². The Morgan fingerprint density at radius 2 is 1.34 bits per heavy atom. The standard InChI is InChI=1S/C26H26BrNO4/c1-26(2,17-3-9-21(10-4-17)31-23-13-7-19(27)8-14-23)18-5-11-22(12-6-18)32-24-15-20(16-24)28-25(29)30/h3-14,20,24,28H,15-16H2,1-2H3,(H,29,30). The summed E-state index contributed by atoms with van der Waals surface area (Å²) < 4.78 is 12.9. The van der Waals surface area contributed by atoms with Crippen LogP contribution in [0.1, 0.15) is 37.8 Å². The molecule has 0 heterocycles. The van der Waals surface area contributed by atoms with E-state index in [1.165, 1.54) is 11.1 Å². The van der Waals surface area contributed by atoms with Crippen LogP contribution < -0.4 is 14.8 Å². The molecule has 0 bridgehead atoms. The molecule has 166 valence electrons. The molecule has 1 saturated carbocycles. The summed E-state index contributed by atoms with van der Waals surface area (Å²) >= 11 is 3.43. The summed E-state index contributed by atoms with van der Waals surface area (Å²) in [5, 5.41) is 11.2. The molecule has 4 rings (SSSR count). The van der Waals surface area contributed by atoms with Gasteiger partial charge in [0.05, 0.1) is 0 Å². The fraction of sp³-hybridized carbons (Fsp3) is 0.269. The number of amides is 1. The first-order valence-electron chi connectivity index (χ1n) is 10.6. The first-order valence-corrected chi connectivity index (χ1v) is 11.4. The quantitative estimate of drug-likeness (QED) is 0.380. The highest BCUT2D eigenvalue weighted by Gasteiger charge is 2.32. The van der Waals surface area contributed by atoms with E-state index in [4.69, 9.17) is 14.6 Å². The second-order valence-corrected chi connectivity index (χ2v) is 9.50.